The predicted octanol–water partition coefficient (Wildman–Crippen LogP) is 2.24. The van der Waals surface area contributed by atoms with Gasteiger partial charge in [-0.1, -0.05) is 6.92 Å². The first kappa shape index (κ1) is 9.84. The van der Waals surface area contributed by atoms with Crippen LogP contribution in [0, 0.1) is 12.8 Å². The second kappa shape index (κ2) is 4.12. The Morgan fingerprint density at radius 3 is 2.77 bits per heavy atom. The highest BCUT2D eigenvalue weighted by molar-refractivity contribution is 5.66. The monoisotopic (exact) mass is 182 g/mol. The van der Waals surface area contributed by atoms with Crippen molar-refractivity contribution in [2.45, 2.75) is 26.7 Å². The van der Waals surface area contributed by atoms with E-state index in [1.165, 1.54) is 0 Å². The Bertz CT molecular complexity index is 288. The van der Waals surface area contributed by atoms with Crippen molar-refractivity contribution >= 4 is 5.97 Å². The lowest BCUT2D eigenvalue weighted by Crippen LogP contribution is -2.06. The molecule has 1 aromatic heterocycles. The lowest BCUT2D eigenvalue weighted by atomic mass is 10.0. The number of hydrogen-bond acceptors (Lipinski definition) is 2. The molecule has 1 N–H and O–H groups in total. The van der Waals surface area contributed by atoms with Gasteiger partial charge in [-0.2, -0.15) is 0 Å². The van der Waals surface area contributed by atoms with E-state index in [1.807, 2.05) is 26.0 Å². The normalized spacial score (nSPS) is 12.8. The fourth-order valence-electron chi connectivity index (χ4n) is 1.31. The molecule has 0 spiro atoms. The second-order valence-electron chi connectivity index (χ2n) is 3.42. The lowest BCUT2D eigenvalue weighted by molar-refractivity contribution is -0.137. The number of carbonyl (C=O) groups is 1. The Hall–Kier alpha value is -1.25. The largest absolute Gasteiger partial charge is 0.481 e. The van der Waals surface area contributed by atoms with Crippen molar-refractivity contribution < 1.29 is 14.3 Å². The molecule has 0 saturated carbocycles. The fourth-order valence-corrected chi connectivity index (χ4v) is 1.31. The van der Waals surface area contributed by atoms with Crippen molar-refractivity contribution in [1.29, 1.82) is 0 Å². The van der Waals surface area contributed by atoms with E-state index in [-0.39, 0.29) is 12.3 Å². The van der Waals surface area contributed by atoms with Crippen LogP contribution in [0.2, 0.25) is 0 Å². The minimum atomic E-state index is -0.754. The number of carboxylic acid groups (broad SMARTS) is 1. The van der Waals surface area contributed by atoms with Gasteiger partial charge in [-0.3, -0.25) is 4.79 Å². The van der Waals surface area contributed by atoms with Gasteiger partial charge in [-0.15, -0.1) is 0 Å². The van der Waals surface area contributed by atoms with Crippen LogP contribution in [0.1, 0.15) is 24.9 Å². The smallest absolute Gasteiger partial charge is 0.303 e. The Kier molecular flexibility index (Phi) is 3.12. The van der Waals surface area contributed by atoms with Crippen LogP contribution < -0.4 is 0 Å². The van der Waals surface area contributed by atoms with Gasteiger partial charge in [0.25, 0.3) is 0 Å². The molecule has 0 amide bonds. The maximum absolute atomic E-state index is 10.4. The first-order valence-electron chi connectivity index (χ1n) is 4.35. The van der Waals surface area contributed by atoms with E-state index in [9.17, 15) is 4.79 Å². The molecule has 1 atom stereocenters. The molecule has 1 aromatic rings. The molecule has 0 aliphatic rings. The van der Waals surface area contributed by atoms with Gasteiger partial charge in [0, 0.05) is 12.8 Å². The fraction of sp³-hybridized carbons (Fsp3) is 0.500. The molecule has 72 valence electrons. The summed E-state index contributed by atoms with van der Waals surface area (Å²) in [5.41, 5.74) is 0. The number of furan rings is 1. The Morgan fingerprint density at radius 2 is 2.31 bits per heavy atom. The molecule has 0 radical (unpaired) electrons. The SMILES string of the molecule is Cc1ccc(CC(C)CC(=O)O)o1. The van der Waals surface area contributed by atoms with Crippen LogP contribution in [-0.4, -0.2) is 11.1 Å². The summed E-state index contributed by atoms with van der Waals surface area (Å²) in [6.07, 6.45) is 0.889. The van der Waals surface area contributed by atoms with Gasteiger partial charge in [-0.05, 0) is 25.0 Å². The van der Waals surface area contributed by atoms with E-state index in [4.69, 9.17) is 9.52 Å². The number of aliphatic carboxylic acids is 1. The third kappa shape index (κ3) is 3.32. The molecular weight excluding hydrogens is 168 g/mol. The standard InChI is InChI=1S/C10H14O3/c1-7(6-10(11)12)5-9-4-3-8(2)13-9/h3-4,7H,5-6H2,1-2H3,(H,11,12). The summed E-state index contributed by atoms with van der Waals surface area (Å²) in [6.45, 7) is 3.79. The molecule has 13 heavy (non-hydrogen) atoms. The molecule has 0 fully saturated rings. The van der Waals surface area contributed by atoms with Crippen LogP contribution >= 0.6 is 0 Å². The van der Waals surface area contributed by atoms with Crippen molar-refractivity contribution in [2.24, 2.45) is 5.92 Å². The first-order chi connectivity index (χ1) is 6.08. The van der Waals surface area contributed by atoms with Crippen LogP contribution in [0.3, 0.4) is 0 Å². The highest BCUT2D eigenvalue weighted by atomic mass is 16.4. The minimum Gasteiger partial charge on any atom is -0.481 e. The maximum atomic E-state index is 10.4. The molecule has 0 aliphatic carbocycles. The molecule has 1 rings (SSSR count). The van der Waals surface area contributed by atoms with E-state index in [0.29, 0.717) is 6.42 Å². The molecule has 0 bridgehead atoms. The summed E-state index contributed by atoms with van der Waals surface area (Å²) < 4.78 is 5.34. The summed E-state index contributed by atoms with van der Waals surface area (Å²) in [5.74, 6) is 1.11. The minimum absolute atomic E-state index is 0.128. The number of rotatable bonds is 4. The predicted molar refractivity (Wildman–Crippen MR) is 48.6 cm³/mol. The number of carboxylic acids is 1. The molecule has 3 heteroatoms. The molecule has 1 unspecified atom stereocenters. The maximum Gasteiger partial charge on any atom is 0.303 e. The Balaban J connectivity index is 2.44. The van der Waals surface area contributed by atoms with E-state index >= 15 is 0 Å². The van der Waals surface area contributed by atoms with Crippen LogP contribution in [0.4, 0.5) is 0 Å². The van der Waals surface area contributed by atoms with E-state index in [0.717, 1.165) is 11.5 Å². The molecule has 0 aliphatic heterocycles. The quantitative estimate of drug-likeness (QED) is 0.776. The second-order valence-corrected chi connectivity index (χ2v) is 3.42. The summed E-state index contributed by atoms with van der Waals surface area (Å²) in [4.78, 5) is 10.4. The average molecular weight is 182 g/mol. The van der Waals surface area contributed by atoms with Crippen LogP contribution in [-0.2, 0) is 11.2 Å². The number of aryl methyl sites for hydroxylation is 1. The average Bonchev–Trinajstić information content (AvgIpc) is 2.33. The number of hydrogen-bond donors (Lipinski definition) is 1. The van der Waals surface area contributed by atoms with Crippen LogP contribution in [0.25, 0.3) is 0 Å². The lowest BCUT2D eigenvalue weighted by Gasteiger charge is -2.04. The van der Waals surface area contributed by atoms with Gasteiger partial charge in [0.15, 0.2) is 0 Å². The molecular formula is C10H14O3. The molecule has 3 nitrogen and oxygen atoms in total. The van der Waals surface area contributed by atoms with Gasteiger partial charge in [0.2, 0.25) is 0 Å². The highest BCUT2D eigenvalue weighted by Crippen LogP contribution is 2.14. The molecule has 0 saturated heterocycles. The zero-order valence-corrected chi connectivity index (χ0v) is 7.91. The van der Waals surface area contributed by atoms with Gasteiger partial charge < -0.3 is 9.52 Å². The van der Waals surface area contributed by atoms with Crippen molar-refractivity contribution in [3.8, 4) is 0 Å². The summed E-state index contributed by atoms with van der Waals surface area (Å²) in [6, 6.07) is 3.79. The Labute approximate surface area is 77.4 Å². The van der Waals surface area contributed by atoms with Gasteiger partial charge >= 0.3 is 5.97 Å². The van der Waals surface area contributed by atoms with E-state index < -0.39 is 5.97 Å². The van der Waals surface area contributed by atoms with Gasteiger partial charge in [0.05, 0.1) is 0 Å². The van der Waals surface area contributed by atoms with Crippen LogP contribution in [0.5, 0.6) is 0 Å². The third-order valence-electron chi connectivity index (χ3n) is 1.87. The van der Waals surface area contributed by atoms with Crippen molar-refractivity contribution in [3.63, 3.8) is 0 Å². The van der Waals surface area contributed by atoms with Crippen molar-refractivity contribution in [3.05, 3.63) is 23.7 Å². The molecule has 1 heterocycles. The third-order valence-corrected chi connectivity index (χ3v) is 1.87. The van der Waals surface area contributed by atoms with E-state index in [1.54, 1.807) is 0 Å². The van der Waals surface area contributed by atoms with Crippen LogP contribution in [0.15, 0.2) is 16.5 Å². The topological polar surface area (TPSA) is 50.4 Å². The summed E-state index contributed by atoms with van der Waals surface area (Å²) >= 11 is 0. The Morgan fingerprint density at radius 1 is 1.62 bits per heavy atom. The van der Waals surface area contributed by atoms with Gasteiger partial charge in [0.1, 0.15) is 11.5 Å². The summed E-state index contributed by atoms with van der Waals surface area (Å²) in [7, 11) is 0. The zero-order valence-electron chi connectivity index (χ0n) is 7.91. The van der Waals surface area contributed by atoms with Crippen molar-refractivity contribution in [1.82, 2.24) is 0 Å². The van der Waals surface area contributed by atoms with Gasteiger partial charge in [-0.25, -0.2) is 0 Å². The first-order valence-corrected chi connectivity index (χ1v) is 4.35. The van der Waals surface area contributed by atoms with Crippen molar-refractivity contribution in [2.75, 3.05) is 0 Å². The molecule has 0 aromatic carbocycles. The zero-order chi connectivity index (χ0) is 9.84. The summed E-state index contributed by atoms with van der Waals surface area (Å²) in [5, 5.41) is 8.54. The van der Waals surface area contributed by atoms with E-state index in [2.05, 4.69) is 0 Å². The highest BCUT2D eigenvalue weighted by Gasteiger charge is 2.10.